The van der Waals surface area contributed by atoms with E-state index in [1.807, 2.05) is 31.5 Å². The highest BCUT2D eigenvalue weighted by Gasteiger charge is 1.99. The summed E-state index contributed by atoms with van der Waals surface area (Å²) in [5, 5.41) is 9.71. The highest BCUT2D eigenvalue weighted by atomic mass is 16.5. The van der Waals surface area contributed by atoms with Crippen molar-refractivity contribution in [2.24, 2.45) is 7.05 Å². The van der Waals surface area contributed by atoms with Gasteiger partial charge in [0, 0.05) is 18.9 Å². The molecule has 0 radical (unpaired) electrons. The summed E-state index contributed by atoms with van der Waals surface area (Å²) in [5.74, 6) is 0.679. The predicted octanol–water partition coefficient (Wildman–Crippen LogP) is 4.64. The van der Waals surface area contributed by atoms with Crippen molar-refractivity contribution in [3.8, 4) is 11.5 Å². The normalized spacial score (nSPS) is 11.5. The fourth-order valence-electron chi connectivity index (χ4n) is 2.24. The van der Waals surface area contributed by atoms with E-state index in [2.05, 4.69) is 28.9 Å². The van der Waals surface area contributed by atoms with E-state index in [0.29, 0.717) is 5.75 Å². The molecule has 22 heavy (non-hydrogen) atoms. The fraction of sp³-hybridized carbons (Fsp3) is 0.263. The quantitative estimate of drug-likeness (QED) is 0.756. The van der Waals surface area contributed by atoms with Gasteiger partial charge >= 0.3 is 0 Å². The number of methoxy groups -OCH3 is 1. The van der Waals surface area contributed by atoms with E-state index in [4.69, 9.17) is 4.74 Å². The molecule has 0 aliphatic rings. The lowest BCUT2D eigenvalue weighted by atomic mass is 10.1. The van der Waals surface area contributed by atoms with Gasteiger partial charge in [-0.2, -0.15) is 0 Å². The Morgan fingerprint density at radius 1 is 1.14 bits per heavy atom. The third-order valence-corrected chi connectivity index (χ3v) is 3.53. The van der Waals surface area contributed by atoms with Crippen molar-refractivity contribution >= 4 is 12.2 Å². The van der Waals surface area contributed by atoms with E-state index < -0.39 is 0 Å². The van der Waals surface area contributed by atoms with E-state index in [-0.39, 0.29) is 5.75 Å². The molecule has 1 aromatic carbocycles. The predicted molar refractivity (Wildman–Crippen MR) is 92.0 cm³/mol. The number of aromatic hydroxyl groups is 1. The lowest BCUT2D eigenvalue weighted by Crippen LogP contribution is -1.86. The van der Waals surface area contributed by atoms with Gasteiger partial charge < -0.3 is 14.4 Å². The maximum Gasteiger partial charge on any atom is 0.160 e. The maximum atomic E-state index is 9.71. The monoisotopic (exact) mass is 297 g/mol. The second-order valence-corrected chi connectivity index (χ2v) is 5.21. The molecule has 0 saturated carbocycles. The molecule has 0 atom stereocenters. The van der Waals surface area contributed by atoms with E-state index in [9.17, 15) is 5.11 Å². The van der Waals surface area contributed by atoms with Crippen LogP contribution < -0.4 is 4.74 Å². The number of aromatic nitrogens is 1. The fourth-order valence-corrected chi connectivity index (χ4v) is 2.24. The molecule has 2 aromatic rings. The molecule has 1 heterocycles. The van der Waals surface area contributed by atoms with Gasteiger partial charge in [-0.1, -0.05) is 24.3 Å². The van der Waals surface area contributed by atoms with E-state index in [0.717, 1.165) is 24.8 Å². The van der Waals surface area contributed by atoms with E-state index >= 15 is 0 Å². The van der Waals surface area contributed by atoms with Crippen molar-refractivity contribution in [3.63, 3.8) is 0 Å². The first kappa shape index (κ1) is 16.0. The van der Waals surface area contributed by atoms with Crippen LogP contribution in [0.15, 0.2) is 48.7 Å². The number of unbranched alkanes of at least 4 members (excludes halogenated alkanes) is 2. The maximum absolute atomic E-state index is 9.71. The van der Waals surface area contributed by atoms with Gasteiger partial charge in [0.1, 0.15) is 0 Å². The van der Waals surface area contributed by atoms with Crippen LogP contribution in [0.3, 0.4) is 0 Å². The smallest absolute Gasteiger partial charge is 0.160 e. The van der Waals surface area contributed by atoms with Gasteiger partial charge in [0.05, 0.1) is 7.11 Å². The number of hydrogen-bond donors (Lipinski definition) is 1. The van der Waals surface area contributed by atoms with Crippen LogP contribution >= 0.6 is 0 Å². The largest absolute Gasteiger partial charge is 0.504 e. The third kappa shape index (κ3) is 4.55. The summed E-state index contributed by atoms with van der Waals surface area (Å²) in [6.45, 7) is 0. The van der Waals surface area contributed by atoms with Crippen molar-refractivity contribution in [2.45, 2.75) is 19.3 Å². The van der Waals surface area contributed by atoms with Crippen LogP contribution in [0.1, 0.15) is 30.5 Å². The summed E-state index contributed by atoms with van der Waals surface area (Å²) in [7, 11) is 3.60. The number of benzene rings is 1. The number of aryl methyl sites for hydroxylation is 1. The Hall–Kier alpha value is -2.42. The molecule has 0 aliphatic heterocycles. The molecule has 0 spiro atoms. The Balaban J connectivity index is 1.73. The first-order valence-electron chi connectivity index (χ1n) is 7.52. The second-order valence-electron chi connectivity index (χ2n) is 5.21. The standard InChI is InChI=1S/C19H23NO2/c1-20-14-8-11-17(20)10-7-5-3-4-6-9-16-12-13-19(22-2)18(21)15-16/h6-15,21H,3-5H2,1-2H3/b9-6+,10-7+. The van der Waals surface area contributed by atoms with Crippen LogP contribution in [0.2, 0.25) is 0 Å². The van der Waals surface area contributed by atoms with Gasteiger partial charge in [0.25, 0.3) is 0 Å². The molecule has 0 saturated heterocycles. The minimum atomic E-state index is 0.176. The van der Waals surface area contributed by atoms with Gasteiger partial charge in [0.15, 0.2) is 11.5 Å². The van der Waals surface area contributed by atoms with Gasteiger partial charge in [-0.3, -0.25) is 0 Å². The van der Waals surface area contributed by atoms with Crippen molar-refractivity contribution in [1.82, 2.24) is 4.57 Å². The lowest BCUT2D eigenvalue weighted by molar-refractivity contribution is 0.373. The van der Waals surface area contributed by atoms with E-state index in [1.54, 1.807) is 19.2 Å². The summed E-state index contributed by atoms with van der Waals surface area (Å²) < 4.78 is 7.13. The van der Waals surface area contributed by atoms with Crippen LogP contribution in [0.25, 0.3) is 12.2 Å². The average molecular weight is 297 g/mol. The molecular weight excluding hydrogens is 274 g/mol. The Bertz CT molecular complexity index is 653. The molecule has 0 fully saturated rings. The number of phenolic OH excluding ortho intramolecular Hbond substituents is 1. The van der Waals surface area contributed by atoms with Gasteiger partial charge in [-0.15, -0.1) is 0 Å². The molecule has 0 bridgehead atoms. The topological polar surface area (TPSA) is 34.4 Å². The van der Waals surface area contributed by atoms with Crippen LogP contribution in [-0.2, 0) is 7.05 Å². The van der Waals surface area contributed by atoms with Gasteiger partial charge in [-0.25, -0.2) is 0 Å². The Morgan fingerprint density at radius 2 is 1.91 bits per heavy atom. The lowest BCUT2D eigenvalue weighted by Gasteiger charge is -2.03. The first-order chi connectivity index (χ1) is 10.7. The van der Waals surface area contributed by atoms with Crippen molar-refractivity contribution in [1.29, 1.82) is 0 Å². The molecule has 3 nitrogen and oxygen atoms in total. The second kappa shape index (κ2) is 8.13. The summed E-state index contributed by atoms with van der Waals surface area (Å²) in [6, 6.07) is 9.58. The molecule has 0 amide bonds. The van der Waals surface area contributed by atoms with Crippen LogP contribution in [-0.4, -0.2) is 16.8 Å². The molecular formula is C19H23NO2. The number of ether oxygens (including phenoxy) is 1. The van der Waals surface area contributed by atoms with Crippen molar-refractivity contribution in [2.75, 3.05) is 7.11 Å². The zero-order valence-corrected chi connectivity index (χ0v) is 13.2. The highest BCUT2D eigenvalue weighted by Crippen LogP contribution is 2.26. The molecule has 116 valence electrons. The van der Waals surface area contributed by atoms with Crippen LogP contribution in [0, 0.1) is 0 Å². The number of nitrogens with zero attached hydrogens (tertiary/aromatic N) is 1. The summed E-state index contributed by atoms with van der Waals surface area (Å²) >= 11 is 0. The molecule has 0 aliphatic carbocycles. The average Bonchev–Trinajstić information content (AvgIpc) is 2.92. The number of phenols is 1. The Kier molecular flexibility index (Phi) is 5.90. The summed E-state index contributed by atoms with van der Waals surface area (Å²) in [4.78, 5) is 0. The third-order valence-electron chi connectivity index (χ3n) is 3.53. The first-order valence-corrected chi connectivity index (χ1v) is 7.52. The zero-order chi connectivity index (χ0) is 15.8. The van der Waals surface area contributed by atoms with Crippen LogP contribution in [0.5, 0.6) is 11.5 Å². The Morgan fingerprint density at radius 3 is 2.55 bits per heavy atom. The number of allylic oxidation sites excluding steroid dienone is 2. The SMILES string of the molecule is COc1ccc(/C=C/CCC/C=C/c2cccn2C)cc1O. The molecule has 0 unspecified atom stereocenters. The Labute approximate surface area is 132 Å². The van der Waals surface area contributed by atoms with Gasteiger partial charge in [0.2, 0.25) is 0 Å². The van der Waals surface area contributed by atoms with Crippen LogP contribution in [0.4, 0.5) is 0 Å². The zero-order valence-electron chi connectivity index (χ0n) is 13.2. The molecule has 1 N–H and O–H groups in total. The van der Waals surface area contributed by atoms with E-state index in [1.165, 1.54) is 5.69 Å². The summed E-state index contributed by atoms with van der Waals surface area (Å²) in [5.41, 5.74) is 2.21. The molecule has 2 rings (SSSR count). The minimum Gasteiger partial charge on any atom is -0.504 e. The molecule has 1 aromatic heterocycles. The number of rotatable bonds is 7. The minimum absolute atomic E-state index is 0.176. The van der Waals surface area contributed by atoms with Crippen molar-refractivity contribution in [3.05, 3.63) is 59.9 Å². The highest BCUT2D eigenvalue weighted by molar-refractivity contribution is 5.55. The summed E-state index contributed by atoms with van der Waals surface area (Å²) in [6.07, 6.45) is 13.8. The van der Waals surface area contributed by atoms with Crippen molar-refractivity contribution < 1.29 is 9.84 Å². The number of hydrogen-bond acceptors (Lipinski definition) is 2. The van der Waals surface area contributed by atoms with Gasteiger partial charge in [-0.05, 0) is 55.2 Å². The molecule has 3 heteroatoms.